The number of nitrogens with one attached hydrogen (secondary N) is 3. The number of hydrogen-bond acceptors (Lipinski definition) is 13. The normalized spacial score (nSPS) is 19.9. The lowest BCUT2D eigenvalue weighted by Gasteiger charge is -2.37. The van der Waals surface area contributed by atoms with Crippen LogP contribution in [-0.4, -0.2) is 92.1 Å². The van der Waals surface area contributed by atoms with E-state index in [0.717, 1.165) is 62.6 Å². The number of nitriles is 2. The Morgan fingerprint density at radius 2 is 1.68 bits per heavy atom. The van der Waals surface area contributed by atoms with Crippen molar-refractivity contribution in [3.63, 3.8) is 0 Å². The van der Waals surface area contributed by atoms with E-state index < -0.39 is 6.04 Å². The van der Waals surface area contributed by atoms with Gasteiger partial charge in [-0.2, -0.15) is 10.5 Å². The second-order valence-corrected chi connectivity index (χ2v) is 13.8. The first-order chi connectivity index (χ1) is 25.8. The molecule has 53 heavy (non-hydrogen) atoms. The minimum atomic E-state index is -0.457. The minimum Gasteiger partial charge on any atom is -0.369 e. The molecule has 272 valence electrons. The highest BCUT2D eigenvalue weighted by Gasteiger charge is 2.27. The summed E-state index contributed by atoms with van der Waals surface area (Å²) < 4.78 is 1.72. The predicted octanol–water partition coefficient (Wildman–Crippen LogP) is 4.32. The fourth-order valence-corrected chi connectivity index (χ4v) is 7.22. The van der Waals surface area contributed by atoms with Gasteiger partial charge in [-0.1, -0.05) is 5.21 Å². The molecule has 5 heterocycles. The van der Waals surface area contributed by atoms with Crippen LogP contribution in [0.1, 0.15) is 62.6 Å². The molecular weight excluding hydrogens is 673 g/mol. The van der Waals surface area contributed by atoms with Crippen LogP contribution >= 0.6 is 0 Å². The number of imide groups is 1. The Balaban J connectivity index is 0.880. The summed E-state index contributed by atoms with van der Waals surface area (Å²) in [4.78, 5) is 43.1. The van der Waals surface area contributed by atoms with Gasteiger partial charge in [-0.15, -0.1) is 5.10 Å². The van der Waals surface area contributed by atoms with E-state index in [0.29, 0.717) is 53.5 Å². The van der Waals surface area contributed by atoms with Crippen molar-refractivity contribution in [1.82, 2.24) is 40.2 Å². The molecule has 0 spiro atoms. The average Bonchev–Trinajstić information content (AvgIpc) is 3.68. The van der Waals surface area contributed by atoms with Crippen molar-refractivity contribution < 1.29 is 9.59 Å². The molecule has 1 aromatic carbocycles. The second kappa shape index (κ2) is 16.0. The van der Waals surface area contributed by atoms with Gasteiger partial charge in [-0.25, -0.2) is 24.4 Å². The fraction of sp³-hybridized carbons (Fsp3) is 0.432. The molecule has 3 aliphatic rings. The van der Waals surface area contributed by atoms with Crippen molar-refractivity contribution in [2.45, 2.75) is 57.4 Å². The zero-order chi connectivity index (χ0) is 36.7. The van der Waals surface area contributed by atoms with Gasteiger partial charge in [-0.05, 0) is 75.8 Å². The number of piperazine rings is 1. The Bertz CT molecular complexity index is 1990. The molecule has 0 radical (unpaired) electrons. The molecule has 4 aromatic rings. The largest absolute Gasteiger partial charge is 0.369 e. The number of carbonyl (C=O) groups excluding carboxylic acids is 2. The Hall–Kier alpha value is -6.13. The molecule has 7 rings (SSSR count). The molecular formula is C37H42N14O2. The number of rotatable bonds is 11. The van der Waals surface area contributed by atoms with Gasteiger partial charge in [0.2, 0.25) is 11.9 Å². The van der Waals surface area contributed by atoms with Gasteiger partial charge in [0, 0.05) is 62.5 Å². The van der Waals surface area contributed by atoms with E-state index in [-0.39, 0.29) is 11.9 Å². The van der Waals surface area contributed by atoms with Crippen molar-refractivity contribution in [2.24, 2.45) is 5.92 Å². The molecule has 16 nitrogen and oxygen atoms in total. The van der Waals surface area contributed by atoms with Crippen molar-refractivity contribution >= 4 is 40.8 Å². The number of anilines is 5. The Labute approximate surface area is 307 Å². The van der Waals surface area contributed by atoms with Crippen LogP contribution in [0.5, 0.6) is 0 Å². The summed E-state index contributed by atoms with van der Waals surface area (Å²) in [7, 11) is 0. The lowest BCUT2D eigenvalue weighted by atomic mass is 9.79. The molecule has 1 atom stereocenters. The molecule has 0 unspecified atom stereocenters. The van der Waals surface area contributed by atoms with E-state index >= 15 is 0 Å². The third-order valence-corrected chi connectivity index (χ3v) is 10.3. The molecule has 1 saturated carbocycles. The summed E-state index contributed by atoms with van der Waals surface area (Å²) in [6.45, 7) is 7.26. The van der Waals surface area contributed by atoms with Gasteiger partial charge < -0.3 is 15.5 Å². The monoisotopic (exact) mass is 714 g/mol. The van der Waals surface area contributed by atoms with Crippen LogP contribution in [0.25, 0.3) is 5.69 Å². The van der Waals surface area contributed by atoms with Crippen LogP contribution < -0.4 is 25.8 Å². The lowest BCUT2D eigenvalue weighted by molar-refractivity contribution is -0.120. The quantitative estimate of drug-likeness (QED) is 0.199. The van der Waals surface area contributed by atoms with Crippen LogP contribution in [0, 0.1) is 28.6 Å². The summed E-state index contributed by atoms with van der Waals surface area (Å²) in [5, 5.41) is 36.2. The third-order valence-electron chi connectivity index (χ3n) is 10.3. The summed E-state index contributed by atoms with van der Waals surface area (Å²) in [5.74, 6) is 1.59. The molecule has 3 fully saturated rings. The minimum absolute atomic E-state index is 0.225. The Morgan fingerprint density at radius 3 is 2.38 bits per heavy atom. The molecule has 3 N–H and O–H groups in total. The number of amides is 3. The lowest BCUT2D eigenvalue weighted by Crippen LogP contribution is -2.49. The van der Waals surface area contributed by atoms with Crippen LogP contribution in [-0.2, 0) is 4.79 Å². The van der Waals surface area contributed by atoms with Crippen LogP contribution in [0.15, 0.2) is 55.1 Å². The molecule has 3 aromatic heterocycles. The van der Waals surface area contributed by atoms with E-state index in [1.165, 1.54) is 31.7 Å². The maximum Gasteiger partial charge on any atom is 0.328 e. The summed E-state index contributed by atoms with van der Waals surface area (Å²) in [5.41, 5.74) is 4.62. The third kappa shape index (κ3) is 8.51. The first-order valence-corrected chi connectivity index (χ1v) is 18.1. The number of urea groups is 1. The SMILES string of the molecule is C[C@H](C#N)Nc1cc(Nc2ncc(C#N)cn2)ncc1-n1cc(C2CCC(CCN3CCN(c4ccc(N5CCC(=O)NC5=O)cc4)CC3)CC2)nn1. The van der Waals surface area contributed by atoms with Gasteiger partial charge >= 0.3 is 6.03 Å². The number of benzene rings is 1. The van der Waals surface area contributed by atoms with Gasteiger partial charge in [0.25, 0.3) is 0 Å². The van der Waals surface area contributed by atoms with Gasteiger partial charge in [0.05, 0.1) is 47.8 Å². The summed E-state index contributed by atoms with van der Waals surface area (Å²) in [6.07, 6.45) is 12.5. The van der Waals surface area contributed by atoms with Crippen molar-refractivity contribution in [1.29, 1.82) is 10.5 Å². The number of nitrogens with zero attached hydrogens (tertiary/aromatic N) is 11. The molecule has 1 aliphatic carbocycles. The second-order valence-electron chi connectivity index (χ2n) is 13.8. The van der Waals surface area contributed by atoms with Gasteiger partial charge in [0.1, 0.15) is 23.6 Å². The van der Waals surface area contributed by atoms with E-state index in [4.69, 9.17) is 5.26 Å². The zero-order valence-electron chi connectivity index (χ0n) is 29.6. The van der Waals surface area contributed by atoms with Gasteiger partial charge in [-0.3, -0.25) is 19.9 Å². The zero-order valence-corrected chi connectivity index (χ0v) is 29.6. The average molecular weight is 715 g/mol. The smallest absolute Gasteiger partial charge is 0.328 e. The first kappa shape index (κ1) is 35.3. The Kier molecular flexibility index (Phi) is 10.7. The first-order valence-electron chi connectivity index (χ1n) is 18.1. The highest BCUT2D eigenvalue weighted by atomic mass is 16.2. The molecule has 16 heteroatoms. The van der Waals surface area contributed by atoms with Crippen molar-refractivity contribution in [2.75, 3.05) is 59.7 Å². The molecule has 2 saturated heterocycles. The van der Waals surface area contributed by atoms with E-state index in [1.54, 1.807) is 28.8 Å². The maximum absolute atomic E-state index is 12.2. The summed E-state index contributed by atoms with van der Waals surface area (Å²) >= 11 is 0. The summed E-state index contributed by atoms with van der Waals surface area (Å²) in [6, 6.07) is 13.2. The predicted molar refractivity (Wildman–Crippen MR) is 198 cm³/mol. The van der Waals surface area contributed by atoms with Gasteiger partial charge in [0.15, 0.2) is 0 Å². The molecule has 2 aliphatic heterocycles. The van der Waals surface area contributed by atoms with E-state index in [2.05, 4.69) is 69.2 Å². The van der Waals surface area contributed by atoms with Crippen LogP contribution in [0.2, 0.25) is 0 Å². The molecule has 0 bridgehead atoms. The topological polar surface area (TPSA) is 197 Å². The van der Waals surface area contributed by atoms with Crippen molar-refractivity contribution in [3.8, 4) is 17.8 Å². The number of pyridine rings is 1. The standard InChI is InChI=1S/C37H42N14O2/c1-25(19-38)43-31-18-34(44-36-41-21-27(20-39)22-42-36)40-23-33(31)51-24-32(46-47-51)28-4-2-26(3-5-28)10-12-48-14-16-49(17-15-48)29-6-8-30(9-7-29)50-13-11-35(52)45-37(50)53/h6-9,18,21-26,28H,2-5,10-17H2,1H3,(H,45,52,53)(H2,40,41,42,43,44)/t25-,26?,28?/m1/s1. The van der Waals surface area contributed by atoms with Crippen LogP contribution in [0.3, 0.4) is 0 Å². The van der Waals surface area contributed by atoms with Crippen LogP contribution in [0.4, 0.5) is 33.6 Å². The number of carbonyl (C=O) groups is 2. The highest BCUT2D eigenvalue weighted by molar-refractivity contribution is 6.05. The number of hydrogen-bond donors (Lipinski definition) is 3. The fourth-order valence-electron chi connectivity index (χ4n) is 7.22. The van der Waals surface area contributed by atoms with Crippen molar-refractivity contribution in [3.05, 3.63) is 66.4 Å². The highest BCUT2D eigenvalue weighted by Crippen LogP contribution is 2.37. The van der Waals surface area contributed by atoms with E-state index in [9.17, 15) is 14.9 Å². The molecule has 3 amide bonds. The Morgan fingerprint density at radius 1 is 0.943 bits per heavy atom. The van der Waals surface area contributed by atoms with E-state index in [1.807, 2.05) is 24.4 Å². The number of aromatic nitrogens is 6. The maximum atomic E-state index is 12.2.